The molecule has 1 saturated heterocycles. The van der Waals surface area contributed by atoms with Crippen molar-refractivity contribution >= 4 is 23.4 Å². The average molecular weight is 341 g/mol. The van der Waals surface area contributed by atoms with E-state index in [2.05, 4.69) is 19.2 Å². The third-order valence-electron chi connectivity index (χ3n) is 4.35. The van der Waals surface area contributed by atoms with E-state index in [1.807, 2.05) is 42.5 Å². The fourth-order valence-electron chi connectivity index (χ4n) is 2.76. The molecule has 0 saturated carbocycles. The summed E-state index contributed by atoms with van der Waals surface area (Å²) in [4.78, 5) is 13.7. The third kappa shape index (κ3) is 4.19. The van der Waals surface area contributed by atoms with Crippen molar-refractivity contribution < 1.29 is 9.53 Å². The van der Waals surface area contributed by atoms with Gasteiger partial charge in [0.1, 0.15) is 0 Å². The summed E-state index contributed by atoms with van der Waals surface area (Å²) in [5.74, 6) is 0.835. The first-order valence-corrected chi connectivity index (χ1v) is 9.34. The van der Waals surface area contributed by atoms with Crippen LogP contribution in [0.3, 0.4) is 0 Å². The van der Waals surface area contributed by atoms with Crippen LogP contribution in [0.4, 0.5) is 5.69 Å². The van der Waals surface area contributed by atoms with Gasteiger partial charge in [-0.05, 0) is 62.1 Å². The number of hydrogen-bond donors (Lipinski definition) is 1. The fraction of sp³-hybridized carbons (Fsp3) is 0.350. The molecule has 1 N–H and O–H groups in total. The fourth-order valence-corrected chi connectivity index (χ4v) is 3.88. The summed E-state index contributed by atoms with van der Waals surface area (Å²) < 4.78 is 5.67. The molecule has 0 aliphatic carbocycles. The summed E-state index contributed by atoms with van der Waals surface area (Å²) in [6.07, 6.45) is 2.57. The molecule has 0 radical (unpaired) electrons. The maximum atomic E-state index is 12.7. The molecule has 2 aromatic rings. The van der Waals surface area contributed by atoms with E-state index in [1.54, 1.807) is 11.8 Å². The number of amides is 1. The summed E-state index contributed by atoms with van der Waals surface area (Å²) in [7, 11) is 0. The number of carbonyl (C=O) groups is 1. The van der Waals surface area contributed by atoms with Crippen LogP contribution in [-0.2, 0) is 4.74 Å². The molecule has 0 spiro atoms. The Morgan fingerprint density at radius 3 is 2.79 bits per heavy atom. The maximum Gasteiger partial charge on any atom is 0.256 e. The van der Waals surface area contributed by atoms with Gasteiger partial charge in [-0.3, -0.25) is 4.79 Å². The molecule has 0 aromatic heterocycles. The number of ether oxygens (including phenoxy) is 1. The summed E-state index contributed by atoms with van der Waals surface area (Å²) in [6, 6.07) is 13.8. The number of thioether (sulfide) groups is 1. The van der Waals surface area contributed by atoms with Crippen LogP contribution in [0.5, 0.6) is 0 Å². The highest BCUT2D eigenvalue weighted by atomic mass is 32.2. The van der Waals surface area contributed by atoms with Crippen molar-refractivity contribution in [1.82, 2.24) is 0 Å². The van der Waals surface area contributed by atoms with E-state index >= 15 is 0 Å². The Kier molecular flexibility index (Phi) is 5.59. The molecule has 0 bridgehead atoms. The van der Waals surface area contributed by atoms with Crippen LogP contribution in [0.25, 0.3) is 0 Å². The molecule has 24 heavy (non-hydrogen) atoms. The van der Waals surface area contributed by atoms with Crippen molar-refractivity contribution in [3.63, 3.8) is 0 Å². The van der Waals surface area contributed by atoms with Crippen LogP contribution in [0.1, 0.15) is 34.3 Å². The molecular formula is C20H23NO2S. The molecule has 1 aliphatic rings. The third-order valence-corrected chi connectivity index (χ3v) is 5.55. The Hall–Kier alpha value is -1.78. The van der Waals surface area contributed by atoms with Gasteiger partial charge in [0.05, 0.1) is 11.7 Å². The molecular weight excluding hydrogens is 318 g/mol. The predicted octanol–water partition coefficient (Wildman–Crippen LogP) is 4.83. The largest absolute Gasteiger partial charge is 0.377 e. The standard InChI is InChI=1S/C20H23NO2S/c1-14-9-10-16(12-15(14)2)21-20(22)18-7-3-4-8-19(18)24-13-17-6-5-11-23-17/h3-4,7-10,12,17H,5-6,11,13H2,1-2H3,(H,21,22)/t17-/m0/s1. The van der Waals surface area contributed by atoms with Crippen molar-refractivity contribution in [2.45, 2.75) is 37.7 Å². The van der Waals surface area contributed by atoms with Gasteiger partial charge in [-0.2, -0.15) is 0 Å². The lowest BCUT2D eigenvalue weighted by Crippen LogP contribution is -2.14. The zero-order valence-electron chi connectivity index (χ0n) is 14.2. The second-order valence-corrected chi connectivity index (χ2v) is 7.26. The predicted molar refractivity (Wildman–Crippen MR) is 100 cm³/mol. The van der Waals surface area contributed by atoms with Gasteiger partial charge >= 0.3 is 0 Å². The van der Waals surface area contributed by atoms with Gasteiger partial charge in [0.15, 0.2) is 0 Å². The maximum absolute atomic E-state index is 12.7. The van der Waals surface area contributed by atoms with Crippen LogP contribution < -0.4 is 5.32 Å². The highest BCUT2D eigenvalue weighted by Crippen LogP contribution is 2.27. The number of carbonyl (C=O) groups excluding carboxylic acids is 1. The average Bonchev–Trinajstić information content (AvgIpc) is 3.10. The summed E-state index contributed by atoms with van der Waals surface area (Å²) in [5, 5.41) is 3.01. The van der Waals surface area contributed by atoms with Gasteiger partial charge in [0, 0.05) is 22.9 Å². The highest BCUT2D eigenvalue weighted by molar-refractivity contribution is 7.99. The van der Waals surface area contributed by atoms with Crippen molar-refractivity contribution in [2.24, 2.45) is 0 Å². The van der Waals surface area contributed by atoms with Crippen molar-refractivity contribution in [3.8, 4) is 0 Å². The van der Waals surface area contributed by atoms with Crippen molar-refractivity contribution in [1.29, 1.82) is 0 Å². The van der Waals surface area contributed by atoms with Gasteiger partial charge < -0.3 is 10.1 Å². The molecule has 1 amide bonds. The lowest BCUT2D eigenvalue weighted by molar-refractivity contribution is 0.102. The van der Waals surface area contributed by atoms with Gasteiger partial charge in [-0.1, -0.05) is 18.2 Å². The number of nitrogens with one attached hydrogen (secondary N) is 1. The lowest BCUT2D eigenvalue weighted by atomic mass is 10.1. The van der Waals surface area contributed by atoms with E-state index in [4.69, 9.17) is 4.74 Å². The zero-order chi connectivity index (χ0) is 16.9. The van der Waals surface area contributed by atoms with Crippen LogP contribution in [-0.4, -0.2) is 24.4 Å². The van der Waals surface area contributed by atoms with Crippen molar-refractivity contribution in [3.05, 3.63) is 59.2 Å². The molecule has 1 heterocycles. The summed E-state index contributed by atoms with van der Waals surface area (Å²) in [6.45, 7) is 4.98. The number of benzene rings is 2. The van der Waals surface area contributed by atoms with Gasteiger partial charge in [0.2, 0.25) is 0 Å². The number of aryl methyl sites for hydroxylation is 2. The first-order chi connectivity index (χ1) is 11.6. The topological polar surface area (TPSA) is 38.3 Å². The van der Waals surface area contributed by atoms with E-state index in [0.29, 0.717) is 6.10 Å². The Bertz CT molecular complexity index is 723. The van der Waals surface area contributed by atoms with E-state index < -0.39 is 0 Å². The molecule has 1 aliphatic heterocycles. The smallest absolute Gasteiger partial charge is 0.256 e. The van der Waals surface area contributed by atoms with Gasteiger partial charge in [-0.15, -0.1) is 11.8 Å². The minimum atomic E-state index is -0.0614. The second kappa shape index (κ2) is 7.86. The van der Waals surface area contributed by atoms with Gasteiger partial charge in [0.25, 0.3) is 5.91 Å². The molecule has 4 heteroatoms. The molecule has 1 fully saturated rings. The second-order valence-electron chi connectivity index (χ2n) is 6.20. The molecule has 126 valence electrons. The SMILES string of the molecule is Cc1ccc(NC(=O)c2ccccc2SC[C@@H]2CCCO2)cc1C. The minimum absolute atomic E-state index is 0.0614. The van der Waals surface area contributed by atoms with E-state index in [1.165, 1.54) is 11.1 Å². The Morgan fingerprint density at radius 1 is 1.21 bits per heavy atom. The molecule has 2 aromatic carbocycles. The molecule has 3 rings (SSSR count). The number of hydrogen-bond acceptors (Lipinski definition) is 3. The molecule has 1 atom stereocenters. The zero-order valence-corrected chi connectivity index (χ0v) is 15.0. The van der Waals surface area contributed by atoms with Crippen LogP contribution in [0.15, 0.2) is 47.4 Å². The Labute approximate surface area is 147 Å². The quantitative estimate of drug-likeness (QED) is 0.792. The number of anilines is 1. The minimum Gasteiger partial charge on any atom is -0.377 e. The summed E-state index contributed by atoms with van der Waals surface area (Å²) >= 11 is 1.70. The Morgan fingerprint density at radius 2 is 2.04 bits per heavy atom. The van der Waals surface area contributed by atoms with Crippen molar-refractivity contribution in [2.75, 3.05) is 17.7 Å². The van der Waals surface area contributed by atoms with Crippen LogP contribution in [0.2, 0.25) is 0 Å². The normalized spacial score (nSPS) is 17.0. The monoisotopic (exact) mass is 341 g/mol. The van der Waals surface area contributed by atoms with Crippen LogP contribution in [0, 0.1) is 13.8 Å². The van der Waals surface area contributed by atoms with E-state index in [-0.39, 0.29) is 5.91 Å². The molecule has 0 unspecified atom stereocenters. The Balaban J connectivity index is 1.70. The first-order valence-electron chi connectivity index (χ1n) is 8.35. The highest BCUT2D eigenvalue weighted by Gasteiger charge is 2.18. The number of rotatable bonds is 5. The van der Waals surface area contributed by atoms with E-state index in [9.17, 15) is 4.79 Å². The first kappa shape index (κ1) is 17.1. The van der Waals surface area contributed by atoms with Gasteiger partial charge in [-0.25, -0.2) is 0 Å². The van der Waals surface area contributed by atoms with E-state index in [0.717, 1.165) is 41.3 Å². The summed E-state index contributed by atoms with van der Waals surface area (Å²) in [5.41, 5.74) is 3.95. The van der Waals surface area contributed by atoms with Crippen LogP contribution >= 0.6 is 11.8 Å². The lowest BCUT2D eigenvalue weighted by Gasteiger charge is -2.13. The molecule has 3 nitrogen and oxygen atoms in total.